The van der Waals surface area contributed by atoms with Gasteiger partial charge in [0.15, 0.2) is 0 Å². The molecule has 0 fully saturated rings. The third-order valence-corrected chi connectivity index (χ3v) is 10.7. The molecule has 0 saturated heterocycles. The van der Waals surface area contributed by atoms with Crippen molar-refractivity contribution < 1.29 is 0 Å². The molecule has 0 atom stereocenters. The van der Waals surface area contributed by atoms with Crippen LogP contribution in [0, 0.1) is 0 Å². The van der Waals surface area contributed by atoms with Gasteiger partial charge in [-0.15, -0.1) is 11.3 Å². The first-order chi connectivity index (χ1) is 22.3. The second-order valence-electron chi connectivity index (χ2n) is 12.1. The molecule has 0 spiro atoms. The maximum absolute atomic E-state index is 2.48. The Labute approximate surface area is 264 Å². The number of thiophene rings is 1. The van der Waals surface area contributed by atoms with E-state index >= 15 is 0 Å². The minimum Gasteiger partial charge on any atom is -0.310 e. The highest BCUT2D eigenvalue weighted by molar-refractivity contribution is 7.25. The smallest absolute Gasteiger partial charge is 0.0548 e. The maximum Gasteiger partial charge on any atom is 0.0548 e. The molecule has 0 unspecified atom stereocenters. The predicted octanol–water partition coefficient (Wildman–Crippen LogP) is 12.1. The van der Waals surface area contributed by atoms with E-state index in [1.54, 1.807) is 0 Å². The van der Waals surface area contributed by atoms with Crippen LogP contribution < -0.4 is 0 Å². The zero-order valence-electron chi connectivity index (χ0n) is 24.6. The first-order valence-corrected chi connectivity index (χ1v) is 16.5. The Morgan fingerprint density at radius 1 is 0.444 bits per heavy atom. The Kier molecular flexibility index (Phi) is 5.31. The predicted molar refractivity (Wildman–Crippen MR) is 195 cm³/mol. The molecule has 3 heteroatoms. The maximum atomic E-state index is 2.48. The van der Waals surface area contributed by atoms with Crippen molar-refractivity contribution in [2.75, 3.05) is 0 Å². The Hall–Kier alpha value is -5.38. The fraction of sp³-hybridized carbons (Fsp3) is 0.0476. The van der Waals surface area contributed by atoms with Crippen molar-refractivity contribution in [1.29, 1.82) is 0 Å². The average Bonchev–Trinajstić information content (AvgIpc) is 3.74. The van der Waals surface area contributed by atoms with Gasteiger partial charge in [-0.2, -0.15) is 0 Å². The number of hydrogen-bond acceptors (Lipinski definition) is 1. The normalized spacial score (nSPS) is 13.6. The molecule has 0 aliphatic heterocycles. The average molecular weight is 593 g/mol. The molecule has 9 aromatic rings. The molecule has 0 N–H and O–H groups in total. The van der Waals surface area contributed by atoms with Crippen LogP contribution in [0.25, 0.3) is 86.3 Å². The first-order valence-electron chi connectivity index (χ1n) is 15.7. The summed E-state index contributed by atoms with van der Waals surface area (Å²) in [6.07, 6.45) is 9.17. The number of fused-ring (bicyclic) bond motifs is 9. The summed E-state index contributed by atoms with van der Waals surface area (Å²) in [6.45, 7) is 0. The van der Waals surface area contributed by atoms with Crippen LogP contribution in [0.4, 0.5) is 0 Å². The molecule has 6 aromatic carbocycles. The molecule has 10 rings (SSSR count). The van der Waals surface area contributed by atoms with E-state index in [1.807, 2.05) is 11.3 Å². The van der Waals surface area contributed by atoms with Gasteiger partial charge in [-0.1, -0.05) is 78.9 Å². The summed E-state index contributed by atoms with van der Waals surface area (Å²) in [5.74, 6) is 0. The van der Waals surface area contributed by atoms with Crippen molar-refractivity contribution in [3.8, 4) is 16.8 Å². The third-order valence-electron chi connectivity index (χ3n) is 9.52. The monoisotopic (exact) mass is 592 g/mol. The van der Waals surface area contributed by atoms with Crippen LogP contribution in [0.1, 0.15) is 12.8 Å². The SMILES string of the molecule is C1=CC(n2c3ccc(-c4ccc5c(c4)c4ccccc4n5-c4ccccc4)cc3c3cc4sc5ccccc5c4cc32)=CCC1. The van der Waals surface area contributed by atoms with Gasteiger partial charge in [0.2, 0.25) is 0 Å². The van der Waals surface area contributed by atoms with Gasteiger partial charge < -0.3 is 9.13 Å². The highest BCUT2D eigenvalue weighted by Crippen LogP contribution is 2.42. The summed E-state index contributed by atoms with van der Waals surface area (Å²) in [5, 5.41) is 7.85. The molecule has 0 radical (unpaired) electrons. The summed E-state index contributed by atoms with van der Waals surface area (Å²) in [5.41, 5.74) is 9.92. The number of allylic oxidation sites excluding steroid dienone is 4. The lowest BCUT2D eigenvalue weighted by atomic mass is 10.0. The highest BCUT2D eigenvalue weighted by atomic mass is 32.1. The molecule has 3 heterocycles. The van der Waals surface area contributed by atoms with E-state index in [1.165, 1.54) is 86.3 Å². The van der Waals surface area contributed by atoms with Gasteiger partial charge in [-0.05, 0) is 90.7 Å². The Bertz CT molecular complexity index is 2700. The van der Waals surface area contributed by atoms with E-state index in [0.717, 1.165) is 12.8 Å². The summed E-state index contributed by atoms with van der Waals surface area (Å²) >= 11 is 1.89. The fourth-order valence-corrected chi connectivity index (χ4v) is 8.60. The van der Waals surface area contributed by atoms with E-state index in [0.29, 0.717) is 0 Å². The van der Waals surface area contributed by atoms with E-state index in [9.17, 15) is 0 Å². The van der Waals surface area contributed by atoms with Gasteiger partial charge in [0.05, 0.1) is 22.1 Å². The Morgan fingerprint density at radius 3 is 1.91 bits per heavy atom. The summed E-state index contributed by atoms with van der Waals surface area (Å²) in [6, 6.07) is 47.1. The van der Waals surface area contributed by atoms with Crippen molar-refractivity contribution in [2.45, 2.75) is 12.8 Å². The molecule has 3 aromatic heterocycles. The lowest BCUT2D eigenvalue weighted by Crippen LogP contribution is -1.97. The zero-order valence-corrected chi connectivity index (χ0v) is 25.4. The fourth-order valence-electron chi connectivity index (χ4n) is 7.47. The van der Waals surface area contributed by atoms with Crippen LogP contribution in [0.15, 0.2) is 146 Å². The van der Waals surface area contributed by atoms with Crippen molar-refractivity contribution in [1.82, 2.24) is 9.13 Å². The van der Waals surface area contributed by atoms with E-state index in [2.05, 4.69) is 155 Å². The number of benzene rings is 6. The van der Waals surface area contributed by atoms with Crippen LogP contribution >= 0.6 is 11.3 Å². The van der Waals surface area contributed by atoms with Crippen molar-refractivity contribution >= 4 is 80.8 Å². The molecule has 2 nitrogen and oxygen atoms in total. The first kappa shape index (κ1) is 25.0. The number of hydrogen-bond donors (Lipinski definition) is 0. The van der Waals surface area contributed by atoms with Gasteiger partial charge >= 0.3 is 0 Å². The summed E-state index contributed by atoms with van der Waals surface area (Å²) < 4.78 is 7.55. The molecule has 0 saturated carbocycles. The van der Waals surface area contributed by atoms with Crippen molar-refractivity contribution in [2.24, 2.45) is 0 Å². The van der Waals surface area contributed by atoms with Crippen LogP contribution in [0.2, 0.25) is 0 Å². The number of aromatic nitrogens is 2. The quantitative estimate of drug-likeness (QED) is 0.193. The van der Waals surface area contributed by atoms with Crippen LogP contribution in [-0.2, 0) is 0 Å². The van der Waals surface area contributed by atoms with Gasteiger partial charge in [0, 0.05) is 53.1 Å². The summed E-state index contributed by atoms with van der Waals surface area (Å²) in [7, 11) is 0. The van der Waals surface area contributed by atoms with Gasteiger partial charge in [-0.25, -0.2) is 0 Å². The zero-order chi connectivity index (χ0) is 29.5. The van der Waals surface area contributed by atoms with Gasteiger partial charge in [0.25, 0.3) is 0 Å². The molecule has 45 heavy (non-hydrogen) atoms. The Balaban J connectivity index is 1.23. The summed E-state index contributed by atoms with van der Waals surface area (Å²) in [4.78, 5) is 0. The van der Waals surface area contributed by atoms with Crippen LogP contribution in [0.3, 0.4) is 0 Å². The van der Waals surface area contributed by atoms with E-state index in [4.69, 9.17) is 0 Å². The lowest BCUT2D eigenvalue weighted by Gasteiger charge is -2.12. The number of rotatable bonds is 3. The molecular weight excluding hydrogens is 565 g/mol. The molecule has 0 bridgehead atoms. The van der Waals surface area contributed by atoms with Crippen molar-refractivity contribution in [3.05, 3.63) is 146 Å². The van der Waals surface area contributed by atoms with E-state index in [-0.39, 0.29) is 0 Å². The Morgan fingerprint density at radius 2 is 1.11 bits per heavy atom. The third kappa shape index (κ3) is 3.68. The van der Waals surface area contributed by atoms with E-state index < -0.39 is 0 Å². The largest absolute Gasteiger partial charge is 0.310 e. The van der Waals surface area contributed by atoms with Crippen LogP contribution in [0.5, 0.6) is 0 Å². The molecule has 1 aliphatic carbocycles. The molecule has 1 aliphatic rings. The highest BCUT2D eigenvalue weighted by Gasteiger charge is 2.18. The standard InChI is InChI=1S/C42H28N2S/c1-3-11-29(12-4-1)43-37-17-9-7-15-31(37)33-23-27(19-21-38(33)43)28-20-22-39-34(24-28)35-26-42-36(32-16-8-10-18-41(32)45-42)25-40(35)44(39)30-13-5-2-6-14-30/h1,3-5,7-26H,2,6H2. The lowest BCUT2D eigenvalue weighted by molar-refractivity contribution is 1.02. The molecule has 0 amide bonds. The second kappa shape index (κ2) is 9.56. The minimum atomic E-state index is 1.07. The number of para-hydroxylation sites is 2. The minimum absolute atomic E-state index is 1.07. The topological polar surface area (TPSA) is 9.86 Å². The van der Waals surface area contributed by atoms with Gasteiger partial charge in [0.1, 0.15) is 0 Å². The molecular formula is C42H28N2S. The van der Waals surface area contributed by atoms with Crippen molar-refractivity contribution in [3.63, 3.8) is 0 Å². The second-order valence-corrected chi connectivity index (χ2v) is 13.1. The van der Waals surface area contributed by atoms with Crippen LogP contribution in [-0.4, -0.2) is 9.13 Å². The number of nitrogens with zero attached hydrogens (tertiary/aromatic N) is 2. The molecule has 212 valence electrons. The van der Waals surface area contributed by atoms with Gasteiger partial charge in [-0.3, -0.25) is 0 Å².